The van der Waals surface area contributed by atoms with Gasteiger partial charge in [-0.3, -0.25) is 0 Å². The molecule has 1 N–H and O–H groups in total. The zero-order valence-corrected chi connectivity index (χ0v) is 11.4. The molecule has 1 heterocycles. The Bertz CT molecular complexity index is 442. The number of anilines is 1. The van der Waals surface area contributed by atoms with E-state index in [-0.39, 0.29) is 0 Å². The van der Waals surface area contributed by atoms with Crippen LogP contribution < -0.4 is 5.32 Å². The van der Waals surface area contributed by atoms with Crippen molar-refractivity contribution >= 4 is 12.4 Å². The van der Waals surface area contributed by atoms with E-state index >= 15 is 0 Å². The van der Waals surface area contributed by atoms with Gasteiger partial charge in [-0.25, -0.2) is 5.26 Å². The fraction of sp³-hybridized carbons (Fsp3) is 0.533. The lowest BCUT2D eigenvalue weighted by atomic mass is 9.42. The quantitative estimate of drug-likeness (QED) is 0.818. The lowest BCUT2D eigenvalue weighted by Crippen LogP contribution is -2.24. The highest BCUT2D eigenvalue weighted by Crippen LogP contribution is 2.25. The van der Waals surface area contributed by atoms with E-state index in [4.69, 9.17) is 5.26 Å². The number of nitrogens with one attached hydrogen (secondary N) is 1. The maximum atomic E-state index is 8.88. The van der Waals surface area contributed by atoms with Gasteiger partial charge in [-0.15, -0.1) is 0 Å². The van der Waals surface area contributed by atoms with Crippen LogP contribution in [0.25, 0.3) is 0 Å². The van der Waals surface area contributed by atoms with Gasteiger partial charge < -0.3 is 5.32 Å². The summed E-state index contributed by atoms with van der Waals surface area (Å²) in [4.78, 5) is 0. The average molecular weight is 240 g/mol. The zero-order valence-electron chi connectivity index (χ0n) is 11.4. The first kappa shape index (κ1) is 13.0. The molecule has 18 heavy (non-hydrogen) atoms. The molecule has 1 aromatic carbocycles. The van der Waals surface area contributed by atoms with E-state index in [2.05, 4.69) is 43.3 Å². The summed E-state index contributed by atoms with van der Waals surface area (Å²) in [7, 11) is 0. The van der Waals surface area contributed by atoms with Crippen LogP contribution in [0.15, 0.2) is 18.2 Å². The van der Waals surface area contributed by atoms with E-state index in [1.807, 2.05) is 0 Å². The first-order valence-corrected chi connectivity index (χ1v) is 6.90. The Morgan fingerprint density at radius 3 is 2.61 bits per heavy atom. The number of aryl methyl sites for hydroxylation is 2. The summed E-state index contributed by atoms with van der Waals surface area (Å²) in [5, 5.41) is 12.4. The molecule has 3 heteroatoms. The minimum absolute atomic E-state index is 0.308. The van der Waals surface area contributed by atoms with E-state index < -0.39 is 0 Å². The van der Waals surface area contributed by atoms with Gasteiger partial charge in [0.05, 0.1) is 0 Å². The van der Waals surface area contributed by atoms with E-state index in [9.17, 15) is 0 Å². The van der Waals surface area contributed by atoms with Crippen LogP contribution in [0.3, 0.4) is 0 Å². The van der Waals surface area contributed by atoms with Crippen molar-refractivity contribution in [3.8, 4) is 5.97 Å². The van der Waals surface area contributed by atoms with Gasteiger partial charge in [-0.2, -0.15) is 0 Å². The molecule has 0 aromatic heterocycles. The molecule has 0 saturated carbocycles. The molecule has 1 fully saturated rings. The molecule has 94 valence electrons. The first-order chi connectivity index (χ1) is 8.69. The maximum Gasteiger partial charge on any atom is 0.267 e. The zero-order chi connectivity index (χ0) is 13.0. The van der Waals surface area contributed by atoms with Gasteiger partial charge in [0.25, 0.3) is 6.71 Å². The van der Waals surface area contributed by atoms with Crippen LogP contribution in [0.1, 0.15) is 24.0 Å². The molecule has 1 saturated heterocycles. The molecule has 0 bridgehead atoms. The minimum atomic E-state index is 0.308. The van der Waals surface area contributed by atoms with Gasteiger partial charge in [0.1, 0.15) is 0 Å². The maximum absolute atomic E-state index is 8.88. The Morgan fingerprint density at radius 2 is 2.00 bits per heavy atom. The van der Waals surface area contributed by atoms with Crippen molar-refractivity contribution in [2.45, 2.75) is 39.3 Å². The van der Waals surface area contributed by atoms with Gasteiger partial charge in [-0.05, 0) is 43.0 Å². The molecule has 0 amide bonds. The second-order valence-electron chi connectivity index (χ2n) is 5.53. The Kier molecular flexibility index (Phi) is 4.31. The van der Waals surface area contributed by atoms with Gasteiger partial charge in [-0.1, -0.05) is 31.5 Å². The summed E-state index contributed by atoms with van der Waals surface area (Å²) < 4.78 is 0. The van der Waals surface area contributed by atoms with Crippen LogP contribution in [0.2, 0.25) is 12.6 Å². The summed E-state index contributed by atoms with van der Waals surface area (Å²) in [6.07, 6.45) is 4.54. The molecule has 1 aliphatic rings. The predicted molar refractivity (Wildman–Crippen MR) is 78.1 cm³/mol. The third-order valence-electron chi connectivity index (χ3n) is 4.13. The number of nitriles is 1. The highest BCUT2D eigenvalue weighted by Gasteiger charge is 2.23. The number of hydrogen-bond acceptors (Lipinski definition) is 2. The van der Waals surface area contributed by atoms with Crippen LogP contribution in [0.5, 0.6) is 0 Å². The van der Waals surface area contributed by atoms with Crippen molar-refractivity contribution < 1.29 is 0 Å². The number of benzene rings is 1. The van der Waals surface area contributed by atoms with Gasteiger partial charge in [0, 0.05) is 18.2 Å². The molecule has 0 atom stereocenters. The molecular formula is C15H21BN2. The lowest BCUT2D eigenvalue weighted by Gasteiger charge is -2.23. The monoisotopic (exact) mass is 240 g/mol. The van der Waals surface area contributed by atoms with E-state index in [1.54, 1.807) is 0 Å². The van der Waals surface area contributed by atoms with Crippen molar-refractivity contribution in [2.75, 3.05) is 11.9 Å². The van der Waals surface area contributed by atoms with Crippen molar-refractivity contribution in [1.29, 1.82) is 5.26 Å². The predicted octanol–water partition coefficient (Wildman–Crippen LogP) is 3.68. The fourth-order valence-corrected chi connectivity index (χ4v) is 2.61. The van der Waals surface area contributed by atoms with Gasteiger partial charge in [0.2, 0.25) is 0 Å². The van der Waals surface area contributed by atoms with Crippen LogP contribution >= 0.6 is 0 Å². The summed E-state index contributed by atoms with van der Waals surface area (Å²) in [6, 6.07) is 6.55. The first-order valence-electron chi connectivity index (χ1n) is 6.90. The largest absolute Gasteiger partial charge is 0.385 e. The molecule has 1 aliphatic heterocycles. The third-order valence-corrected chi connectivity index (χ3v) is 4.13. The Balaban J connectivity index is 1.82. The highest BCUT2D eigenvalue weighted by molar-refractivity contribution is 6.67. The second-order valence-corrected chi connectivity index (χ2v) is 5.53. The van der Waals surface area contributed by atoms with Gasteiger partial charge in [0.15, 0.2) is 0 Å². The topological polar surface area (TPSA) is 35.8 Å². The van der Waals surface area contributed by atoms with Crippen LogP contribution in [-0.2, 0) is 0 Å². The van der Waals surface area contributed by atoms with E-state index in [0.29, 0.717) is 6.71 Å². The number of rotatable bonds is 3. The van der Waals surface area contributed by atoms with Crippen LogP contribution in [0.4, 0.5) is 5.69 Å². The molecule has 2 nitrogen and oxygen atoms in total. The van der Waals surface area contributed by atoms with E-state index in [0.717, 1.165) is 25.1 Å². The Hall–Kier alpha value is -1.43. The summed E-state index contributed by atoms with van der Waals surface area (Å²) in [5.41, 5.74) is 3.91. The highest BCUT2D eigenvalue weighted by atomic mass is 14.9. The molecule has 0 unspecified atom stereocenters. The third kappa shape index (κ3) is 3.29. The van der Waals surface area contributed by atoms with Crippen molar-refractivity contribution in [1.82, 2.24) is 0 Å². The molecule has 0 aliphatic carbocycles. The lowest BCUT2D eigenvalue weighted by molar-refractivity contribution is 0.497. The molecule has 0 spiro atoms. The van der Waals surface area contributed by atoms with Crippen LogP contribution in [-0.4, -0.2) is 13.3 Å². The fourth-order valence-electron chi connectivity index (χ4n) is 2.61. The molecule has 1 aromatic rings. The average Bonchev–Trinajstić information content (AvgIpc) is 2.41. The molecular weight excluding hydrogens is 219 g/mol. The minimum Gasteiger partial charge on any atom is -0.385 e. The Labute approximate surface area is 110 Å². The van der Waals surface area contributed by atoms with E-state index in [1.165, 1.54) is 29.7 Å². The normalized spacial score (nSPS) is 16.4. The second kappa shape index (κ2) is 5.95. The number of nitrogens with zero attached hydrogens (tertiary/aromatic N) is 1. The smallest absolute Gasteiger partial charge is 0.267 e. The molecule has 2 rings (SSSR count). The SMILES string of the molecule is Cc1ccc(NCC2CCB(C#N)CC2)cc1C. The Morgan fingerprint density at radius 1 is 1.28 bits per heavy atom. The van der Waals surface area contributed by atoms with Crippen molar-refractivity contribution in [3.05, 3.63) is 29.3 Å². The summed E-state index contributed by atoms with van der Waals surface area (Å²) in [6.45, 7) is 5.64. The molecule has 0 radical (unpaired) electrons. The van der Waals surface area contributed by atoms with Crippen molar-refractivity contribution in [3.63, 3.8) is 0 Å². The van der Waals surface area contributed by atoms with Crippen LogP contribution in [0, 0.1) is 31.0 Å². The summed E-state index contributed by atoms with van der Waals surface area (Å²) >= 11 is 0. The summed E-state index contributed by atoms with van der Waals surface area (Å²) in [5.74, 6) is 3.12. The number of hydrogen-bond donors (Lipinski definition) is 1. The van der Waals surface area contributed by atoms with Crippen molar-refractivity contribution in [2.24, 2.45) is 5.92 Å². The van der Waals surface area contributed by atoms with Gasteiger partial charge >= 0.3 is 0 Å². The standard InChI is InChI=1S/C15H21BN2/c1-12-3-4-15(9-13(12)2)18-10-14-5-7-16(11-17)8-6-14/h3-4,9,14,18H,5-8,10H2,1-2H3.